The van der Waals surface area contributed by atoms with Crippen molar-refractivity contribution in [1.29, 1.82) is 0 Å². The van der Waals surface area contributed by atoms with E-state index < -0.39 is 0 Å². The first-order chi connectivity index (χ1) is 9.12. The molecule has 0 bridgehead atoms. The van der Waals surface area contributed by atoms with Crippen LogP contribution in [0.3, 0.4) is 0 Å². The number of alkyl halides is 1. The molecule has 0 fully saturated rings. The van der Waals surface area contributed by atoms with Crippen LogP contribution in [0.2, 0.25) is 0 Å². The van der Waals surface area contributed by atoms with Crippen LogP contribution in [0.25, 0.3) is 0 Å². The van der Waals surface area contributed by atoms with Crippen LogP contribution in [-0.4, -0.2) is 28.4 Å². The number of amides is 1. The molecule has 0 N–H and O–H groups in total. The highest BCUT2D eigenvalue weighted by molar-refractivity contribution is 7.09. The number of unbranched alkanes of at least 4 members (excludes halogenated alkanes) is 1. The summed E-state index contributed by atoms with van der Waals surface area (Å²) in [6.45, 7) is 7.22. The van der Waals surface area contributed by atoms with Gasteiger partial charge >= 0.3 is 0 Å². The van der Waals surface area contributed by atoms with Crippen LogP contribution in [0.15, 0.2) is 5.38 Å². The summed E-state index contributed by atoms with van der Waals surface area (Å²) >= 11 is 7.25. The summed E-state index contributed by atoms with van der Waals surface area (Å²) in [5.74, 6) is 0.591. The second-order valence-corrected chi connectivity index (χ2v) is 5.95. The number of nitrogens with zero attached hydrogens (tertiary/aromatic N) is 2. The van der Waals surface area contributed by atoms with E-state index in [1.54, 1.807) is 0 Å². The van der Waals surface area contributed by atoms with Gasteiger partial charge in [-0.05, 0) is 19.8 Å². The molecule has 1 unspecified atom stereocenters. The van der Waals surface area contributed by atoms with E-state index >= 15 is 0 Å². The number of rotatable bonds is 8. The summed E-state index contributed by atoms with van der Waals surface area (Å²) < 4.78 is 0. The van der Waals surface area contributed by atoms with E-state index in [1.807, 2.05) is 10.3 Å². The van der Waals surface area contributed by atoms with Gasteiger partial charge in [-0.25, -0.2) is 4.98 Å². The van der Waals surface area contributed by atoms with Gasteiger partial charge in [-0.15, -0.1) is 22.9 Å². The average molecular weight is 303 g/mol. The van der Waals surface area contributed by atoms with Crippen LogP contribution in [0.4, 0.5) is 0 Å². The van der Waals surface area contributed by atoms with Crippen molar-refractivity contribution in [3.05, 3.63) is 16.1 Å². The van der Waals surface area contributed by atoms with Crippen LogP contribution < -0.4 is 0 Å². The van der Waals surface area contributed by atoms with E-state index in [9.17, 15) is 4.79 Å². The summed E-state index contributed by atoms with van der Waals surface area (Å²) in [6, 6.07) is 0.298. The van der Waals surface area contributed by atoms with Crippen molar-refractivity contribution in [3.8, 4) is 0 Å². The summed E-state index contributed by atoms with van der Waals surface area (Å²) in [4.78, 5) is 18.7. The zero-order valence-electron chi connectivity index (χ0n) is 12.0. The number of carbonyl (C=O) groups is 1. The molecule has 0 saturated heterocycles. The van der Waals surface area contributed by atoms with Gasteiger partial charge in [0.25, 0.3) is 0 Å². The van der Waals surface area contributed by atoms with Gasteiger partial charge in [-0.1, -0.05) is 20.3 Å². The molecular formula is C14H23ClN2OS. The molecule has 0 aliphatic carbocycles. The second-order valence-electron chi connectivity index (χ2n) is 4.74. The molecule has 0 aromatic carbocycles. The Kier molecular flexibility index (Phi) is 7.39. The fourth-order valence-corrected chi connectivity index (χ4v) is 2.88. The predicted octanol–water partition coefficient (Wildman–Crippen LogP) is 3.85. The molecule has 0 aliphatic rings. The summed E-state index contributed by atoms with van der Waals surface area (Å²) in [6.07, 6.45) is 3.55. The highest BCUT2D eigenvalue weighted by atomic mass is 35.5. The van der Waals surface area contributed by atoms with Crippen LogP contribution in [-0.2, 0) is 17.1 Å². The minimum atomic E-state index is 0.179. The Morgan fingerprint density at radius 2 is 2.26 bits per heavy atom. The molecule has 19 heavy (non-hydrogen) atoms. The fourth-order valence-electron chi connectivity index (χ4n) is 1.86. The lowest BCUT2D eigenvalue weighted by Gasteiger charge is -2.28. The zero-order chi connectivity index (χ0) is 14.3. The van der Waals surface area contributed by atoms with Gasteiger partial charge in [-0.2, -0.15) is 0 Å². The van der Waals surface area contributed by atoms with E-state index in [0.717, 1.165) is 36.5 Å². The Hall–Kier alpha value is -0.610. The smallest absolute Gasteiger partial charge is 0.229 e. The van der Waals surface area contributed by atoms with Crippen LogP contribution in [0.1, 0.15) is 50.7 Å². The van der Waals surface area contributed by atoms with Crippen molar-refractivity contribution in [3.63, 3.8) is 0 Å². The van der Waals surface area contributed by atoms with Crippen LogP contribution >= 0.6 is 22.9 Å². The molecule has 1 rings (SSSR count). The minimum Gasteiger partial charge on any atom is -0.340 e. The maximum atomic E-state index is 12.4. The number of aromatic nitrogens is 1. The van der Waals surface area contributed by atoms with Gasteiger partial charge in [0.1, 0.15) is 5.01 Å². The largest absolute Gasteiger partial charge is 0.340 e. The average Bonchev–Trinajstić information content (AvgIpc) is 2.86. The van der Waals surface area contributed by atoms with Gasteiger partial charge in [-0.3, -0.25) is 4.79 Å². The molecule has 1 heterocycles. The molecule has 1 aromatic rings. The summed E-state index contributed by atoms with van der Waals surface area (Å²) in [5, 5.41) is 2.79. The van der Waals surface area contributed by atoms with E-state index in [-0.39, 0.29) is 5.91 Å². The lowest BCUT2D eigenvalue weighted by atomic mass is 10.2. The molecule has 1 amide bonds. The molecule has 0 radical (unpaired) electrons. The van der Waals surface area contributed by atoms with Gasteiger partial charge in [0.15, 0.2) is 0 Å². The highest BCUT2D eigenvalue weighted by Gasteiger charge is 2.19. The Bertz CT molecular complexity index is 395. The van der Waals surface area contributed by atoms with Gasteiger partial charge < -0.3 is 4.90 Å². The third-order valence-electron chi connectivity index (χ3n) is 3.23. The van der Waals surface area contributed by atoms with Crippen molar-refractivity contribution in [2.75, 3.05) is 6.54 Å². The van der Waals surface area contributed by atoms with Crippen molar-refractivity contribution < 1.29 is 4.79 Å². The van der Waals surface area contributed by atoms with Crippen molar-refractivity contribution in [2.24, 2.45) is 0 Å². The molecule has 0 saturated carbocycles. The molecule has 108 valence electrons. The topological polar surface area (TPSA) is 33.2 Å². The molecule has 3 nitrogen and oxygen atoms in total. The molecule has 1 aromatic heterocycles. The third-order valence-corrected chi connectivity index (χ3v) is 4.41. The maximum absolute atomic E-state index is 12.4. The van der Waals surface area contributed by atoms with Crippen LogP contribution in [0.5, 0.6) is 0 Å². The lowest BCUT2D eigenvalue weighted by molar-refractivity contribution is -0.132. The monoisotopic (exact) mass is 302 g/mol. The summed E-state index contributed by atoms with van der Waals surface area (Å²) in [5.41, 5.74) is 0.859. The Labute approximate surface area is 125 Å². The fraction of sp³-hybridized carbons (Fsp3) is 0.714. The molecule has 1 atom stereocenters. The van der Waals surface area contributed by atoms with Gasteiger partial charge in [0, 0.05) is 18.0 Å². The number of carbonyl (C=O) groups excluding carboxylic acids is 1. The van der Waals surface area contributed by atoms with E-state index in [4.69, 9.17) is 11.6 Å². The first-order valence-corrected chi connectivity index (χ1v) is 8.32. The third kappa shape index (κ3) is 5.11. The van der Waals surface area contributed by atoms with Crippen molar-refractivity contribution >= 4 is 28.8 Å². The molecular weight excluding hydrogens is 280 g/mol. The Balaban J connectivity index is 2.64. The molecule has 0 spiro atoms. The number of thiazole rings is 1. The van der Waals surface area contributed by atoms with Crippen LogP contribution in [0, 0.1) is 0 Å². The number of halogens is 1. The molecule has 0 aliphatic heterocycles. The molecule has 5 heteroatoms. The van der Waals surface area contributed by atoms with E-state index in [2.05, 4.69) is 25.8 Å². The summed E-state index contributed by atoms with van der Waals surface area (Å²) in [7, 11) is 0. The second kappa shape index (κ2) is 8.54. The van der Waals surface area contributed by atoms with Gasteiger partial charge in [0.2, 0.25) is 5.91 Å². The van der Waals surface area contributed by atoms with E-state index in [1.165, 1.54) is 11.3 Å². The van der Waals surface area contributed by atoms with Gasteiger partial charge in [0.05, 0.1) is 18.0 Å². The number of hydrogen-bond donors (Lipinski definition) is 0. The minimum absolute atomic E-state index is 0.179. The predicted molar refractivity (Wildman–Crippen MR) is 81.7 cm³/mol. The Morgan fingerprint density at radius 3 is 2.79 bits per heavy atom. The SMILES string of the molecule is CCCCN(C(=O)Cc1nc(CCl)cs1)C(C)CC. The lowest BCUT2D eigenvalue weighted by Crippen LogP contribution is -2.40. The normalized spacial score (nSPS) is 12.4. The Morgan fingerprint density at radius 1 is 1.53 bits per heavy atom. The first-order valence-electron chi connectivity index (χ1n) is 6.91. The van der Waals surface area contributed by atoms with E-state index in [0.29, 0.717) is 18.3 Å². The maximum Gasteiger partial charge on any atom is 0.229 e. The quantitative estimate of drug-likeness (QED) is 0.683. The van der Waals surface area contributed by atoms with Crippen molar-refractivity contribution in [2.45, 2.75) is 58.4 Å². The number of hydrogen-bond acceptors (Lipinski definition) is 3. The standard InChI is InChI=1S/C14H23ClN2OS/c1-4-6-7-17(11(3)5-2)14(18)8-13-16-12(9-15)10-19-13/h10-11H,4-9H2,1-3H3. The van der Waals surface area contributed by atoms with Crippen molar-refractivity contribution in [1.82, 2.24) is 9.88 Å². The first kappa shape index (κ1) is 16.4. The zero-order valence-corrected chi connectivity index (χ0v) is 13.6. The highest BCUT2D eigenvalue weighted by Crippen LogP contribution is 2.15.